The van der Waals surface area contributed by atoms with Crippen LogP contribution in [-0.4, -0.2) is 31.1 Å². The summed E-state index contributed by atoms with van der Waals surface area (Å²) in [6, 6.07) is 3.06. The van der Waals surface area contributed by atoms with E-state index in [1.165, 1.54) is 16.9 Å². The molecule has 0 unspecified atom stereocenters. The molecule has 0 aromatic carbocycles. The fourth-order valence-electron chi connectivity index (χ4n) is 1.05. The zero-order chi connectivity index (χ0) is 9.97. The number of hydrogen-bond donors (Lipinski definition) is 1. The number of carbonyl (C=O) groups is 1. The Hall–Kier alpha value is -2.24. The van der Waals surface area contributed by atoms with Crippen molar-refractivity contribution in [3.63, 3.8) is 0 Å². The second-order valence-electron chi connectivity index (χ2n) is 2.52. The molecule has 6 nitrogen and oxygen atoms in total. The van der Waals surface area contributed by atoms with Crippen molar-refractivity contribution >= 4 is 5.97 Å². The van der Waals surface area contributed by atoms with Gasteiger partial charge in [-0.2, -0.15) is 10.2 Å². The van der Waals surface area contributed by atoms with Gasteiger partial charge in [0.25, 0.3) is 0 Å². The van der Waals surface area contributed by atoms with E-state index in [9.17, 15) is 4.79 Å². The Kier molecular flexibility index (Phi) is 1.94. The van der Waals surface area contributed by atoms with Gasteiger partial charge >= 0.3 is 5.97 Å². The first-order chi connectivity index (χ1) is 6.79. The average molecular weight is 190 g/mol. The summed E-state index contributed by atoms with van der Waals surface area (Å²) in [5.41, 5.74) is 0.0729. The maximum absolute atomic E-state index is 10.8. The second kappa shape index (κ2) is 3.25. The van der Waals surface area contributed by atoms with E-state index < -0.39 is 5.97 Å². The third-order valence-corrected chi connectivity index (χ3v) is 1.65. The van der Waals surface area contributed by atoms with Crippen molar-refractivity contribution in [2.24, 2.45) is 0 Å². The van der Waals surface area contributed by atoms with Crippen LogP contribution < -0.4 is 0 Å². The van der Waals surface area contributed by atoms with Crippen molar-refractivity contribution in [1.29, 1.82) is 0 Å². The van der Waals surface area contributed by atoms with E-state index in [1.54, 1.807) is 18.5 Å². The highest BCUT2D eigenvalue weighted by Crippen LogP contribution is 2.08. The van der Waals surface area contributed by atoms with Crippen LogP contribution >= 0.6 is 0 Å². The Morgan fingerprint density at radius 2 is 2.29 bits per heavy atom. The monoisotopic (exact) mass is 190 g/mol. The van der Waals surface area contributed by atoms with Crippen LogP contribution in [-0.2, 0) is 0 Å². The highest BCUT2D eigenvalue weighted by atomic mass is 16.4. The summed E-state index contributed by atoms with van der Waals surface area (Å²) in [6.07, 6.45) is 4.48. The third-order valence-electron chi connectivity index (χ3n) is 1.65. The molecule has 0 bridgehead atoms. The Morgan fingerprint density at radius 1 is 1.43 bits per heavy atom. The maximum Gasteiger partial charge on any atom is 0.339 e. The van der Waals surface area contributed by atoms with Gasteiger partial charge in [-0.1, -0.05) is 0 Å². The molecule has 2 aromatic heterocycles. The van der Waals surface area contributed by atoms with Gasteiger partial charge in [0.05, 0.1) is 6.20 Å². The van der Waals surface area contributed by atoms with Crippen LogP contribution in [0.15, 0.2) is 30.7 Å². The summed E-state index contributed by atoms with van der Waals surface area (Å²) in [5.74, 6) is -0.838. The van der Waals surface area contributed by atoms with E-state index in [4.69, 9.17) is 5.11 Å². The highest BCUT2D eigenvalue weighted by molar-refractivity contribution is 5.90. The average Bonchev–Trinajstić information content (AvgIpc) is 2.70. The molecule has 0 aliphatic heterocycles. The molecule has 0 aliphatic carbocycles. The van der Waals surface area contributed by atoms with E-state index in [0.717, 1.165) is 0 Å². The summed E-state index contributed by atoms with van der Waals surface area (Å²) in [5, 5.41) is 20.1. The van der Waals surface area contributed by atoms with Gasteiger partial charge in [0, 0.05) is 12.4 Å². The maximum atomic E-state index is 10.8. The molecular formula is C8H6N4O2. The van der Waals surface area contributed by atoms with Crippen molar-refractivity contribution in [2.45, 2.75) is 0 Å². The quantitative estimate of drug-likeness (QED) is 0.739. The molecule has 70 valence electrons. The van der Waals surface area contributed by atoms with E-state index in [0.29, 0.717) is 0 Å². The van der Waals surface area contributed by atoms with Crippen molar-refractivity contribution in [1.82, 2.24) is 20.0 Å². The van der Waals surface area contributed by atoms with Gasteiger partial charge in [-0.25, -0.2) is 9.48 Å². The van der Waals surface area contributed by atoms with Crippen LogP contribution in [0.1, 0.15) is 10.4 Å². The van der Waals surface area contributed by atoms with Crippen LogP contribution in [0, 0.1) is 0 Å². The van der Waals surface area contributed by atoms with Gasteiger partial charge < -0.3 is 5.11 Å². The molecule has 2 aromatic rings. The lowest BCUT2D eigenvalue weighted by molar-refractivity contribution is 0.0696. The minimum absolute atomic E-state index is 0.0729. The van der Waals surface area contributed by atoms with Crippen molar-refractivity contribution in [3.05, 3.63) is 36.3 Å². The molecule has 0 aliphatic rings. The first kappa shape index (κ1) is 8.36. The zero-order valence-corrected chi connectivity index (χ0v) is 7.03. The number of nitrogens with zero attached hydrogens (tertiary/aromatic N) is 4. The molecule has 0 fully saturated rings. The summed E-state index contributed by atoms with van der Waals surface area (Å²) >= 11 is 0. The molecule has 1 N–H and O–H groups in total. The second-order valence-corrected chi connectivity index (χ2v) is 2.52. The Labute approximate surface area is 78.8 Å². The zero-order valence-electron chi connectivity index (χ0n) is 7.03. The van der Waals surface area contributed by atoms with E-state index in [-0.39, 0.29) is 11.4 Å². The number of carboxylic acid groups (broad SMARTS) is 1. The predicted octanol–water partition coefficient (Wildman–Crippen LogP) is 0.360. The predicted molar refractivity (Wildman–Crippen MR) is 46.1 cm³/mol. The van der Waals surface area contributed by atoms with E-state index in [1.807, 2.05) is 0 Å². The Balaban J connectivity index is 2.58. The first-order valence-corrected chi connectivity index (χ1v) is 3.84. The molecule has 0 spiro atoms. The number of aromatic carboxylic acids is 1. The van der Waals surface area contributed by atoms with Gasteiger partial charge in [0.15, 0.2) is 5.82 Å². The first-order valence-electron chi connectivity index (χ1n) is 3.84. The number of rotatable bonds is 2. The van der Waals surface area contributed by atoms with Crippen LogP contribution in [0.2, 0.25) is 0 Å². The Bertz CT molecular complexity index is 452. The molecule has 0 atom stereocenters. The molecule has 2 rings (SSSR count). The van der Waals surface area contributed by atoms with E-state index in [2.05, 4.69) is 15.3 Å². The van der Waals surface area contributed by atoms with E-state index >= 15 is 0 Å². The summed E-state index contributed by atoms with van der Waals surface area (Å²) in [7, 11) is 0. The van der Waals surface area contributed by atoms with Gasteiger partial charge in [0.1, 0.15) is 5.56 Å². The van der Waals surface area contributed by atoms with Crippen molar-refractivity contribution in [3.8, 4) is 5.82 Å². The smallest absolute Gasteiger partial charge is 0.339 e. The molecule has 0 amide bonds. The standard InChI is InChI=1S/C8H6N4O2/c13-8(14)6-2-4-9-11-7(6)12-5-1-3-10-12/h1-5H,(H,13,14). The van der Waals surface area contributed by atoms with Gasteiger partial charge in [-0.15, -0.1) is 5.10 Å². The fourth-order valence-corrected chi connectivity index (χ4v) is 1.05. The van der Waals surface area contributed by atoms with Crippen LogP contribution in [0.3, 0.4) is 0 Å². The van der Waals surface area contributed by atoms with Gasteiger partial charge in [-0.3, -0.25) is 0 Å². The molecule has 0 saturated heterocycles. The number of hydrogen-bond acceptors (Lipinski definition) is 4. The summed E-state index contributed by atoms with van der Waals surface area (Å²) in [6.45, 7) is 0. The van der Waals surface area contributed by atoms with Crippen LogP contribution in [0.4, 0.5) is 0 Å². The summed E-state index contributed by atoms with van der Waals surface area (Å²) in [4.78, 5) is 10.8. The minimum atomic E-state index is -1.05. The lowest BCUT2D eigenvalue weighted by atomic mass is 10.3. The fraction of sp³-hybridized carbons (Fsp3) is 0. The molecular weight excluding hydrogens is 184 g/mol. The molecule has 0 saturated carbocycles. The highest BCUT2D eigenvalue weighted by Gasteiger charge is 2.12. The van der Waals surface area contributed by atoms with Crippen LogP contribution in [0.25, 0.3) is 5.82 Å². The summed E-state index contributed by atoms with van der Waals surface area (Å²) < 4.78 is 1.36. The molecule has 2 heterocycles. The minimum Gasteiger partial charge on any atom is -0.478 e. The number of aromatic nitrogens is 4. The molecule has 14 heavy (non-hydrogen) atoms. The lowest BCUT2D eigenvalue weighted by Crippen LogP contribution is -2.08. The van der Waals surface area contributed by atoms with Gasteiger partial charge in [0.2, 0.25) is 0 Å². The topological polar surface area (TPSA) is 80.9 Å². The SMILES string of the molecule is O=C(O)c1ccnnc1-n1cccn1. The van der Waals surface area contributed by atoms with Crippen LogP contribution in [0.5, 0.6) is 0 Å². The normalized spacial score (nSPS) is 10.0. The van der Waals surface area contributed by atoms with Gasteiger partial charge in [-0.05, 0) is 12.1 Å². The number of carboxylic acids is 1. The van der Waals surface area contributed by atoms with Crippen molar-refractivity contribution in [2.75, 3.05) is 0 Å². The van der Waals surface area contributed by atoms with Crippen molar-refractivity contribution < 1.29 is 9.90 Å². The molecule has 0 radical (unpaired) electrons. The third kappa shape index (κ3) is 1.33. The largest absolute Gasteiger partial charge is 0.478 e. The Morgan fingerprint density at radius 3 is 2.93 bits per heavy atom. The molecule has 6 heteroatoms. The lowest BCUT2D eigenvalue weighted by Gasteiger charge is -2.01.